The summed E-state index contributed by atoms with van der Waals surface area (Å²) < 4.78 is 93.6. The third-order valence-corrected chi connectivity index (χ3v) is 21.1. The molecule has 5 heterocycles. The van der Waals surface area contributed by atoms with E-state index >= 15 is 0 Å². The van der Waals surface area contributed by atoms with E-state index in [0.717, 1.165) is 5.57 Å². The SMILES string of the molecule is C/C=C(\C)C(=O)O[C@@H]1C[C@@H]2[C@@]3(C)CC[C@H](O[C@H]4C[C@H](OC)[C@H](O[C@H]5C[C@H](OC)[C@H](O[C@H]6C[C@@H](OC)[C@H](O[C@@H]7O[C@H](C)[C@@H](O[C@@H]8O[C@H](CO)[C@@H](O)[C@H](O)[C@H]8O)[C@H](OC)[C@H]7O)[C@@H](C)O6)[C@@H](C)O5)[C@@H](C)O4)CC3=CC[C@@]2(O)[C@@]2(O)CC[C@H](C(C)=O)[C@@]12C. The molecule has 4 aliphatic carbocycles. The first kappa shape index (κ1) is 66.2. The van der Waals surface area contributed by atoms with Crippen molar-refractivity contribution in [3.8, 4) is 0 Å². The maximum atomic E-state index is 13.4. The minimum Gasteiger partial charge on any atom is -0.458 e. The molecule has 30 atom stereocenters. The molecule has 5 saturated heterocycles. The minimum absolute atomic E-state index is 0.0912. The molecule has 9 rings (SSSR count). The van der Waals surface area contributed by atoms with Gasteiger partial charge in [-0.2, -0.15) is 0 Å². The van der Waals surface area contributed by atoms with Crippen molar-refractivity contribution in [1.29, 1.82) is 0 Å². The van der Waals surface area contributed by atoms with Crippen LogP contribution in [0, 0.1) is 22.7 Å². The first-order valence-electron chi connectivity index (χ1n) is 30.2. The highest BCUT2D eigenvalue weighted by atomic mass is 16.8. The topological polar surface area (TPSA) is 314 Å². The van der Waals surface area contributed by atoms with Crippen LogP contribution in [0.15, 0.2) is 23.3 Å². The number of fused-ring (bicyclic) bond motifs is 5. The van der Waals surface area contributed by atoms with E-state index < -0.39 is 188 Å². The molecule has 0 unspecified atom stereocenters. The van der Waals surface area contributed by atoms with Crippen molar-refractivity contribution in [2.45, 2.75) is 285 Å². The molecule has 0 amide bonds. The Labute approximate surface area is 492 Å². The van der Waals surface area contributed by atoms with Crippen LogP contribution in [0.3, 0.4) is 0 Å². The first-order chi connectivity index (χ1) is 39.7. The van der Waals surface area contributed by atoms with Crippen LogP contribution in [0.5, 0.6) is 0 Å². The van der Waals surface area contributed by atoms with E-state index in [-0.39, 0.29) is 31.1 Å². The molecular weight excluding hydrogens is 1100 g/mol. The molecule has 3 saturated carbocycles. The Bertz CT molecular complexity index is 2320. The van der Waals surface area contributed by atoms with E-state index in [0.29, 0.717) is 50.5 Å². The Morgan fingerprint density at radius 1 is 0.631 bits per heavy atom. The van der Waals surface area contributed by atoms with Crippen LogP contribution in [0.4, 0.5) is 0 Å². The fraction of sp³-hybridized carbons (Fsp3) is 0.900. The van der Waals surface area contributed by atoms with Gasteiger partial charge in [-0.15, -0.1) is 0 Å². The second kappa shape index (κ2) is 26.3. The average Bonchev–Trinajstić information content (AvgIpc) is 1.31. The molecule has 0 aromatic carbocycles. The fourth-order valence-corrected chi connectivity index (χ4v) is 16.0. The van der Waals surface area contributed by atoms with Gasteiger partial charge in [0.15, 0.2) is 31.5 Å². The summed E-state index contributed by atoms with van der Waals surface area (Å²) >= 11 is 0. The largest absolute Gasteiger partial charge is 0.458 e. The number of esters is 1. The summed E-state index contributed by atoms with van der Waals surface area (Å²) in [5.41, 5.74) is -3.42. The molecule has 0 aromatic rings. The quantitative estimate of drug-likeness (QED) is 0.0588. The van der Waals surface area contributed by atoms with Gasteiger partial charge in [0.1, 0.15) is 84.1 Å². The Morgan fingerprint density at radius 3 is 1.68 bits per heavy atom. The number of hydrogen-bond acceptors (Lipinski definition) is 24. The minimum atomic E-state index is -1.68. The number of carbonyl (C=O) groups excluding carboxylic acids is 2. The van der Waals surface area contributed by atoms with Crippen LogP contribution in [0.2, 0.25) is 0 Å². The van der Waals surface area contributed by atoms with Crippen molar-refractivity contribution in [3.63, 3.8) is 0 Å². The standard InChI is InChI=1S/C60H96O24/c1-14-27(2)54(67)80-41-25-40-57(8)18-16-34(21-33(57)15-19-59(40,68)60(69)20-17-35(28(3)62)58(41,60)9)78-42-22-36(70-10)49(29(4)74-42)81-43-23-37(71-11)50(30(5)75-43)82-44-24-38(72-12)51(31(6)76-44)83-56-48(66)53(73-13)52(32(7)77-56)84-55-47(65)46(64)45(63)39(26-61)79-55/h14-15,29-32,34-53,55-56,61,63-66,68-69H,16-26H2,1-13H3/b27-14+/t29-,30-,31-,32-,34+,35-,36+,37+,38-,39-,40-,41-,42+,43+,44+,45-,46+,47-,48-,49-,50-,51-,52-,53-,55+,56+,57+,58+,59+,60-/m1/s1. The summed E-state index contributed by atoms with van der Waals surface area (Å²) in [6, 6.07) is 0. The van der Waals surface area contributed by atoms with Crippen LogP contribution in [0.1, 0.15) is 127 Å². The lowest BCUT2D eigenvalue weighted by Crippen LogP contribution is -2.75. The predicted molar refractivity (Wildman–Crippen MR) is 292 cm³/mol. The molecule has 480 valence electrons. The maximum absolute atomic E-state index is 13.4. The van der Waals surface area contributed by atoms with E-state index in [2.05, 4.69) is 13.0 Å². The number of Topliss-reactive ketones (excluding diaryl/α,β-unsaturated/α-hetero) is 1. The number of hydrogen-bond donors (Lipinski definition) is 7. The zero-order valence-corrected chi connectivity index (χ0v) is 51.0. The first-order valence-corrected chi connectivity index (χ1v) is 30.2. The highest BCUT2D eigenvalue weighted by Crippen LogP contribution is 2.70. The van der Waals surface area contributed by atoms with Crippen molar-refractivity contribution in [1.82, 2.24) is 0 Å². The number of aliphatic hydroxyl groups is 7. The molecule has 24 heteroatoms. The van der Waals surface area contributed by atoms with Gasteiger partial charge in [-0.1, -0.05) is 31.6 Å². The van der Waals surface area contributed by atoms with Crippen molar-refractivity contribution in [3.05, 3.63) is 23.3 Å². The van der Waals surface area contributed by atoms with Gasteiger partial charge in [-0.3, -0.25) is 4.79 Å². The van der Waals surface area contributed by atoms with E-state index in [4.69, 9.17) is 71.1 Å². The van der Waals surface area contributed by atoms with Crippen molar-refractivity contribution < 1.29 is 116 Å². The number of methoxy groups -OCH3 is 4. The van der Waals surface area contributed by atoms with E-state index in [1.165, 1.54) is 21.1 Å². The molecule has 0 bridgehead atoms. The average molecular weight is 1200 g/mol. The predicted octanol–water partition coefficient (Wildman–Crippen LogP) is 2.17. The van der Waals surface area contributed by atoms with Crippen molar-refractivity contribution in [2.24, 2.45) is 22.7 Å². The van der Waals surface area contributed by atoms with Crippen LogP contribution >= 0.6 is 0 Å². The smallest absolute Gasteiger partial charge is 0.333 e. The van der Waals surface area contributed by atoms with Gasteiger partial charge in [-0.05, 0) is 98.8 Å². The highest BCUT2D eigenvalue weighted by molar-refractivity contribution is 5.88. The van der Waals surface area contributed by atoms with Gasteiger partial charge in [0.05, 0.1) is 55.4 Å². The Morgan fingerprint density at radius 2 is 1.15 bits per heavy atom. The lowest BCUT2D eigenvalue weighted by atomic mass is 9.43. The number of aliphatic hydroxyl groups excluding tert-OH is 5. The molecule has 0 radical (unpaired) electrons. The number of ether oxygens (including phenoxy) is 15. The second-order valence-electron chi connectivity index (χ2n) is 25.6. The second-order valence-corrected chi connectivity index (χ2v) is 25.6. The van der Waals surface area contributed by atoms with E-state index in [1.54, 1.807) is 48.0 Å². The summed E-state index contributed by atoms with van der Waals surface area (Å²) in [6.45, 7) is 15.5. The number of allylic oxidation sites excluding steroid dienone is 1. The van der Waals surface area contributed by atoms with Gasteiger partial charge < -0.3 is 107 Å². The van der Waals surface area contributed by atoms with Gasteiger partial charge in [0.25, 0.3) is 0 Å². The van der Waals surface area contributed by atoms with Crippen LogP contribution in [0.25, 0.3) is 0 Å². The fourth-order valence-electron chi connectivity index (χ4n) is 16.0. The van der Waals surface area contributed by atoms with Crippen molar-refractivity contribution in [2.75, 3.05) is 35.0 Å². The van der Waals surface area contributed by atoms with E-state index in [9.17, 15) is 45.3 Å². The lowest BCUT2D eigenvalue weighted by Gasteiger charge is -2.66. The molecule has 0 spiro atoms. The molecule has 84 heavy (non-hydrogen) atoms. The maximum Gasteiger partial charge on any atom is 0.333 e. The van der Waals surface area contributed by atoms with Gasteiger partial charge in [0.2, 0.25) is 0 Å². The Balaban J connectivity index is 0.777. The normalized spacial score (nSPS) is 50.8. The number of carbonyl (C=O) groups is 2. The zero-order valence-electron chi connectivity index (χ0n) is 51.0. The molecule has 5 aliphatic heterocycles. The summed E-state index contributed by atoms with van der Waals surface area (Å²) in [6.07, 6.45) is -13.8. The van der Waals surface area contributed by atoms with Crippen LogP contribution < -0.4 is 0 Å². The highest BCUT2D eigenvalue weighted by Gasteiger charge is 2.77. The third-order valence-electron chi connectivity index (χ3n) is 21.1. The van der Waals surface area contributed by atoms with Gasteiger partial charge >= 0.3 is 5.97 Å². The van der Waals surface area contributed by atoms with Gasteiger partial charge in [0, 0.05) is 70.5 Å². The van der Waals surface area contributed by atoms with Crippen LogP contribution in [-0.4, -0.2) is 241 Å². The molecule has 7 N–H and O–H groups in total. The Kier molecular flexibility index (Phi) is 20.7. The molecule has 8 fully saturated rings. The number of ketones is 1. The van der Waals surface area contributed by atoms with Crippen molar-refractivity contribution >= 4 is 11.8 Å². The number of rotatable bonds is 18. The van der Waals surface area contributed by atoms with E-state index in [1.807, 2.05) is 20.8 Å². The van der Waals surface area contributed by atoms with Gasteiger partial charge in [-0.25, -0.2) is 4.79 Å². The summed E-state index contributed by atoms with van der Waals surface area (Å²) in [7, 11) is 6.14. The lowest BCUT2D eigenvalue weighted by molar-refractivity contribution is -0.374. The monoisotopic (exact) mass is 1200 g/mol. The molecule has 0 aromatic heterocycles. The summed E-state index contributed by atoms with van der Waals surface area (Å²) in [4.78, 5) is 26.6. The summed E-state index contributed by atoms with van der Waals surface area (Å²) in [5.74, 6) is -1.63. The third kappa shape index (κ3) is 11.9. The zero-order chi connectivity index (χ0) is 61.1. The van der Waals surface area contributed by atoms with Crippen LogP contribution in [-0.2, 0) is 80.6 Å². The summed E-state index contributed by atoms with van der Waals surface area (Å²) in [5, 5.41) is 78.3. The molecule has 9 aliphatic rings. The Hall–Kier alpha value is -2.22. The molecule has 24 nitrogen and oxygen atoms in total. The molecular formula is C60H96O24.